The number of rotatable bonds is 5. The third kappa shape index (κ3) is 2.78. The van der Waals surface area contributed by atoms with E-state index in [1.165, 1.54) is 0 Å². The van der Waals surface area contributed by atoms with E-state index in [0.717, 1.165) is 56.7 Å². The van der Waals surface area contributed by atoms with Gasteiger partial charge in [-0.2, -0.15) is 0 Å². The summed E-state index contributed by atoms with van der Waals surface area (Å²) in [5, 5.41) is 0. The molecule has 5 heteroatoms. The van der Waals surface area contributed by atoms with Gasteiger partial charge in [-0.25, -0.2) is 4.98 Å². The van der Waals surface area contributed by atoms with E-state index in [1.54, 1.807) is 0 Å². The molecule has 0 aromatic carbocycles. The van der Waals surface area contributed by atoms with E-state index < -0.39 is 0 Å². The summed E-state index contributed by atoms with van der Waals surface area (Å²) in [4.78, 5) is 18.3. The second kappa shape index (κ2) is 6.26. The molecule has 0 amide bonds. The summed E-state index contributed by atoms with van der Waals surface area (Å²) in [6.07, 6.45) is 6.20. The summed E-state index contributed by atoms with van der Waals surface area (Å²) in [5.41, 5.74) is 1.44. The lowest BCUT2D eigenvalue weighted by Crippen LogP contribution is -2.40. The first-order chi connectivity index (χ1) is 10.3. The van der Waals surface area contributed by atoms with Crippen LogP contribution in [-0.4, -0.2) is 41.5 Å². The second-order valence-electron chi connectivity index (χ2n) is 5.45. The summed E-state index contributed by atoms with van der Waals surface area (Å²) in [6, 6.07) is 5.77. The van der Waals surface area contributed by atoms with Gasteiger partial charge < -0.3 is 9.64 Å². The number of imidazole rings is 1. The van der Waals surface area contributed by atoms with Gasteiger partial charge in [-0.3, -0.25) is 9.20 Å². The van der Waals surface area contributed by atoms with Crippen molar-refractivity contribution in [3.8, 4) is 0 Å². The molecule has 112 valence electrons. The molecule has 1 aliphatic heterocycles. The molecule has 2 aromatic heterocycles. The number of nitrogens with zero attached hydrogens (tertiary/aromatic N) is 3. The van der Waals surface area contributed by atoms with Crippen LogP contribution in [-0.2, 0) is 4.74 Å². The Morgan fingerprint density at radius 3 is 3.19 bits per heavy atom. The largest absolute Gasteiger partial charge is 0.376 e. The Morgan fingerprint density at radius 2 is 2.38 bits per heavy atom. The number of carbonyl (C=O) groups excluding carboxylic acids is 1. The highest BCUT2D eigenvalue weighted by Crippen LogP contribution is 2.24. The smallest absolute Gasteiger partial charge is 0.170 e. The lowest BCUT2D eigenvalue weighted by Gasteiger charge is -2.33. The summed E-state index contributed by atoms with van der Waals surface area (Å²) in [5.74, 6) is 0.779. The number of ether oxygens (including phenoxy) is 1. The summed E-state index contributed by atoms with van der Waals surface area (Å²) in [6.45, 7) is 4.65. The molecule has 1 unspecified atom stereocenters. The van der Waals surface area contributed by atoms with Gasteiger partial charge in [-0.15, -0.1) is 0 Å². The molecule has 3 heterocycles. The van der Waals surface area contributed by atoms with Crippen molar-refractivity contribution >= 4 is 17.8 Å². The Labute approximate surface area is 124 Å². The second-order valence-corrected chi connectivity index (χ2v) is 5.45. The quantitative estimate of drug-likeness (QED) is 0.793. The van der Waals surface area contributed by atoms with Crippen LogP contribution in [0.15, 0.2) is 24.4 Å². The molecule has 2 aromatic rings. The van der Waals surface area contributed by atoms with Crippen molar-refractivity contribution in [3.05, 3.63) is 30.1 Å². The van der Waals surface area contributed by atoms with Crippen molar-refractivity contribution in [2.24, 2.45) is 0 Å². The zero-order chi connectivity index (χ0) is 14.7. The van der Waals surface area contributed by atoms with Gasteiger partial charge in [0.25, 0.3) is 0 Å². The van der Waals surface area contributed by atoms with Gasteiger partial charge >= 0.3 is 0 Å². The van der Waals surface area contributed by atoms with E-state index in [1.807, 2.05) is 28.8 Å². The van der Waals surface area contributed by atoms with Gasteiger partial charge in [0.1, 0.15) is 11.3 Å². The first-order valence-electron chi connectivity index (χ1n) is 7.62. The number of aldehydes is 1. The maximum atomic E-state index is 11.5. The van der Waals surface area contributed by atoms with Crippen molar-refractivity contribution in [2.45, 2.75) is 32.3 Å². The lowest BCUT2D eigenvalue weighted by molar-refractivity contribution is 0.0439. The zero-order valence-corrected chi connectivity index (χ0v) is 12.4. The first kappa shape index (κ1) is 14.1. The minimum Gasteiger partial charge on any atom is -0.376 e. The molecule has 0 N–H and O–H groups in total. The molecule has 0 radical (unpaired) electrons. The summed E-state index contributed by atoms with van der Waals surface area (Å²) in [7, 11) is 0. The maximum Gasteiger partial charge on any atom is 0.170 e. The van der Waals surface area contributed by atoms with E-state index in [9.17, 15) is 4.79 Å². The van der Waals surface area contributed by atoms with Gasteiger partial charge in [-0.1, -0.05) is 13.0 Å². The van der Waals surface area contributed by atoms with Gasteiger partial charge in [0.15, 0.2) is 12.1 Å². The molecule has 0 spiro atoms. The molecule has 1 aliphatic rings. The van der Waals surface area contributed by atoms with Crippen molar-refractivity contribution in [2.75, 3.05) is 24.6 Å². The predicted octanol–water partition coefficient (Wildman–Crippen LogP) is 2.54. The van der Waals surface area contributed by atoms with Crippen LogP contribution in [0.4, 0.5) is 5.82 Å². The number of hydrogen-bond acceptors (Lipinski definition) is 4. The maximum absolute atomic E-state index is 11.5. The molecular weight excluding hydrogens is 266 g/mol. The van der Waals surface area contributed by atoms with E-state index in [-0.39, 0.29) is 6.10 Å². The summed E-state index contributed by atoms with van der Waals surface area (Å²) < 4.78 is 7.71. The standard InChI is InChI=1S/C16H21N3O2/c1-2-10-21-13-6-5-8-18(11-13)16-14(12-20)19-9-4-3-7-15(19)17-16/h3-4,7,9,12-13H,2,5-6,8,10-11H2,1H3. The van der Waals surface area contributed by atoms with Gasteiger partial charge in [0.2, 0.25) is 0 Å². The van der Waals surface area contributed by atoms with Crippen molar-refractivity contribution in [1.82, 2.24) is 9.38 Å². The molecule has 1 saturated heterocycles. The minimum absolute atomic E-state index is 0.239. The fourth-order valence-electron chi connectivity index (χ4n) is 2.90. The first-order valence-corrected chi connectivity index (χ1v) is 7.62. The number of aromatic nitrogens is 2. The minimum atomic E-state index is 0.239. The van der Waals surface area contributed by atoms with Crippen molar-refractivity contribution < 1.29 is 9.53 Å². The molecule has 0 bridgehead atoms. The molecule has 21 heavy (non-hydrogen) atoms. The average Bonchev–Trinajstić information content (AvgIpc) is 2.91. The number of pyridine rings is 1. The van der Waals surface area contributed by atoms with Crippen LogP contribution in [0, 0.1) is 0 Å². The van der Waals surface area contributed by atoms with Crippen molar-refractivity contribution in [3.63, 3.8) is 0 Å². The number of hydrogen-bond donors (Lipinski definition) is 0. The highest BCUT2D eigenvalue weighted by atomic mass is 16.5. The highest BCUT2D eigenvalue weighted by molar-refractivity contribution is 5.83. The molecule has 5 nitrogen and oxygen atoms in total. The fourth-order valence-corrected chi connectivity index (χ4v) is 2.90. The van der Waals surface area contributed by atoms with Crippen LogP contribution in [0.25, 0.3) is 5.65 Å². The Morgan fingerprint density at radius 1 is 1.48 bits per heavy atom. The van der Waals surface area contributed by atoms with Gasteiger partial charge in [0, 0.05) is 25.9 Å². The van der Waals surface area contributed by atoms with Crippen LogP contribution >= 0.6 is 0 Å². The van der Waals surface area contributed by atoms with E-state index in [2.05, 4.69) is 16.8 Å². The number of carbonyl (C=O) groups is 1. The van der Waals surface area contributed by atoms with Crippen molar-refractivity contribution in [1.29, 1.82) is 0 Å². The molecule has 0 aliphatic carbocycles. The third-order valence-corrected chi connectivity index (χ3v) is 3.89. The molecular formula is C16H21N3O2. The topological polar surface area (TPSA) is 46.8 Å². The van der Waals surface area contributed by atoms with E-state index in [4.69, 9.17) is 4.74 Å². The molecule has 3 rings (SSSR count). The SMILES string of the molecule is CCCOC1CCCN(c2nc3ccccn3c2C=O)C1. The van der Waals surface area contributed by atoms with Crippen LogP contribution in [0.1, 0.15) is 36.7 Å². The normalized spacial score (nSPS) is 19.1. The molecule has 1 fully saturated rings. The monoisotopic (exact) mass is 287 g/mol. The van der Waals surface area contributed by atoms with E-state index >= 15 is 0 Å². The lowest BCUT2D eigenvalue weighted by atomic mass is 10.1. The van der Waals surface area contributed by atoms with Crippen LogP contribution < -0.4 is 4.90 Å². The Kier molecular flexibility index (Phi) is 4.20. The van der Waals surface area contributed by atoms with Gasteiger partial charge in [-0.05, 0) is 31.4 Å². The highest BCUT2D eigenvalue weighted by Gasteiger charge is 2.25. The van der Waals surface area contributed by atoms with Crippen LogP contribution in [0.3, 0.4) is 0 Å². The average molecular weight is 287 g/mol. The van der Waals surface area contributed by atoms with Crippen LogP contribution in [0.5, 0.6) is 0 Å². The molecule has 1 atom stereocenters. The fraction of sp³-hybridized carbons (Fsp3) is 0.500. The number of anilines is 1. The van der Waals surface area contributed by atoms with Gasteiger partial charge in [0.05, 0.1) is 6.10 Å². The predicted molar refractivity (Wildman–Crippen MR) is 82.1 cm³/mol. The molecule has 0 saturated carbocycles. The Hall–Kier alpha value is -1.88. The Balaban J connectivity index is 1.87. The van der Waals surface area contributed by atoms with E-state index in [0.29, 0.717) is 5.69 Å². The number of piperidine rings is 1. The van der Waals surface area contributed by atoms with Crippen LogP contribution in [0.2, 0.25) is 0 Å². The third-order valence-electron chi connectivity index (χ3n) is 3.89. The summed E-state index contributed by atoms with van der Waals surface area (Å²) >= 11 is 0. The zero-order valence-electron chi connectivity index (χ0n) is 12.4. The Bertz CT molecular complexity index is 623. The number of fused-ring (bicyclic) bond motifs is 1.